The number of nitrogens with zero attached hydrogens (tertiary/aromatic N) is 2. The van der Waals surface area contributed by atoms with Crippen LogP contribution in [0.1, 0.15) is 11.5 Å². The van der Waals surface area contributed by atoms with E-state index in [1.807, 2.05) is 0 Å². The van der Waals surface area contributed by atoms with E-state index in [1.165, 1.54) is 0 Å². The molecule has 0 atom stereocenters. The predicted octanol–water partition coefficient (Wildman–Crippen LogP) is 1.05. The second-order valence-corrected chi connectivity index (χ2v) is 3.46. The van der Waals surface area contributed by atoms with Crippen LogP contribution in [0.3, 0.4) is 0 Å². The number of hydrogen-bond acceptors (Lipinski definition) is 6. The molecular formula is C11H13N3O3. The zero-order chi connectivity index (χ0) is 12.3. The number of phenols is 1. The van der Waals surface area contributed by atoms with Crippen LogP contribution in [0.4, 0.5) is 0 Å². The summed E-state index contributed by atoms with van der Waals surface area (Å²) in [7, 11) is 1.56. The molecule has 90 valence electrons. The Morgan fingerprint density at radius 3 is 2.94 bits per heavy atom. The van der Waals surface area contributed by atoms with Crippen molar-refractivity contribution in [1.82, 2.24) is 10.1 Å². The highest BCUT2D eigenvalue weighted by atomic mass is 16.5. The van der Waals surface area contributed by atoms with Crippen LogP contribution in [0.25, 0.3) is 11.4 Å². The summed E-state index contributed by atoms with van der Waals surface area (Å²) in [6, 6.07) is 5.27. The number of aromatic nitrogens is 2. The van der Waals surface area contributed by atoms with Gasteiger partial charge in [-0.05, 0) is 6.07 Å². The van der Waals surface area contributed by atoms with Crippen molar-refractivity contribution in [2.75, 3.05) is 7.11 Å². The Morgan fingerprint density at radius 1 is 1.47 bits per heavy atom. The third-order valence-corrected chi connectivity index (χ3v) is 2.30. The molecule has 0 fully saturated rings. The lowest BCUT2D eigenvalue weighted by atomic mass is 10.1. The first kappa shape index (κ1) is 11.6. The quantitative estimate of drug-likeness (QED) is 0.822. The van der Waals surface area contributed by atoms with Crippen molar-refractivity contribution in [1.29, 1.82) is 0 Å². The number of aromatic hydroxyl groups is 1. The lowest BCUT2D eigenvalue weighted by molar-refractivity contribution is 0.182. The average molecular weight is 235 g/mol. The Hall–Kier alpha value is -1.92. The van der Waals surface area contributed by atoms with Crippen LogP contribution in [0, 0.1) is 0 Å². The molecule has 1 aromatic carbocycles. The zero-order valence-electron chi connectivity index (χ0n) is 9.38. The van der Waals surface area contributed by atoms with Crippen LogP contribution in [0.2, 0.25) is 0 Å². The maximum absolute atomic E-state index is 10.0. The van der Waals surface area contributed by atoms with E-state index in [4.69, 9.17) is 15.0 Å². The molecule has 0 aliphatic heterocycles. The Balaban J connectivity index is 2.41. The summed E-state index contributed by atoms with van der Waals surface area (Å²) >= 11 is 0. The summed E-state index contributed by atoms with van der Waals surface area (Å²) in [4.78, 5) is 4.06. The molecule has 17 heavy (non-hydrogen) atoms. The number of rotatable bonds is 4. The predicted molar refractivity (Wildman–Crippen MR) is 60.0 cm³/mol. The largest absolute Gasteiger partial charge is 0.507 e. The van der Waals surface area contributed by atoms with Crippen molar-refractivity contribution in [2.45, 2.75) is 13.2 Å². The maximum Gasteiger partial charge on any atom is 0.240 e. The van der Waals surface area contributed by atoms with Crippen molar-refractivity contribution in [3.8, 4) is 17.1 Å². The molecule has 0 saturated carbocycles. The lowest BCUT2D eigenvalue weighted by Crippen LogP contribution is -1.96. The van der Waals surface area contributed by atoms with Crippen LogP contribution >= 0.6 is 0 Å². The summed E-state index contributed by atoms with van der Waals surface area (Å²) in [5.74, 6) is 0.746. The minimum atomic E-state index is 0.0960. The smallest absolute Gasteiger partial charge is 0.240 e. The first-order chi connectivity index (χ1) is 8.26. The summed E-state index contributed by atoms with van der Waals surface area (Å²) in [6.07, 6.45) is 0. The van der Waals surface area contributed by atoms with Gasteiger partial charge < -0.3 is 20.1 Å². The molecule has 6 nitrogen and oxygen atoms in total. The van der Waals surface area contributed by atoms with E-state index >= 15 is 0 Å². The normalized spacial score (nSPS) is 10.7. The molecule has 0 radical (unpaired) electrons. The van der Waals surface area contributed by atoms with Crippen LogP contribution < -0.4 is 5.73 Å². The number of hydrogen-bond donors (Lipinski definition) is 2. The van der Waals surface area contributed by atoms with Gasteiger partial charge in [-0.3, -0.25) is 0 Å². The summed E-state index contributed by atoms with van der Waals surface area (Å²) in [6.45, 7) is 0.493. The van der Waals surface area contributed by atoms with Crippen LogP contribution in [-0.4, -0.2) is 22.4 Å². The van der Waals surface area contributed by atoms with Gasteiger partial charge in [0.05, 0.1) is 18.7 Å². The van der Waals surface area contributed by atoms with Gasteiger partial charge in [-0.1, -0.05) is 17.3 Å². The van der Waals surface area contributed by atoms with Gasteiger partial charge in [0.2, 0.25) is 11.7 Å². The van der Waals surface area contributed by atoms with Crippen LogP contribution in [0.15, 0.2) is 22.7 Å². The Bertz CT molecular complexity index is 510. The van der Waals surface area contributed by atoms with Crippen molar-refractivity contribution < 1.29 is 14.4 Å². The van der Waals surface area contributed by atoms with Gasteiger partial charge in [0.1, 0.15) is 5.75 Å². The van der Waals surface area contributed by atoms with E-state index in [2.05, 4.69) is 10.1 Å². The van der Waals surface area contributed by atoms with Gasteiger partial charge in [0, 0.05) is 12.7 Å². The fraction of sp³-hybridized carbons (Fsp3) is 0.273. The first-order valence-corrected chi connectivity index (χ1v) is 5.09. The second kappa shape index (κ2) is 4.94. The number of nitrogens with two attached hydrogens (primary N) is 1. The molecule has 1 heterocycles. The van der Waals surface area contributed by atoms with E-state index in [-0.39, 0.29) is 12.3 Å². The van der Waals surface area contributed by atoms with Gasteiger partial charge in [0.25, 0.3) is 0 Å². The second-order valence-electron chi connectivity index (χ2n) is 3.46. The molecule has 0 saturated heterocycles. The summed E-state index contributed by atoms with van der Waals surface area (Å²) in [5, 5.41) is 13.8. The Labute approximate surface area is 98.0 Å². The van der Waals surface area contributed by atoms with Crippen LogP contribution in [0.5, 0.6) is 5.75 Å². The number of para-hydroxylation sites is 1. The van der Waals surface area contributed by atoms with Crippen molar-refractivity contribution >= 4 is 0 Å². The molecule has 0 amide bonds. The molecule has 6 heteroatoms. The van der Waals surface area contributed by atoms with Gasteiger partial charge in [-0.15, -0.1) is 0 Å². The third-order valence-electron chi connectivity index (χ3n) is 2.30. The zero-order valence-corrected chi connectivity index (χ0v) is 9.38. The fourth-order valence-electron chi connectivity index (χ4n) is 1.49. The number of benzene rings is 1. The fourth-order valence-corrected chi connectivity index (χ4v) is 1.49. The van der Waals surface area contributed by atoms with Gasteiger partial charge >= 0.3 is 0 Å². The van der Waals surface area contributed by atoms with Gasteiger partial charge in [-0.25, -0.2) is 0 Å². The number of methoxy groups -OCH3 is 1. The number of ether oxygens (including phenoxy) is 1. The molecule has 2 rings (SSSR count). The minimum absolute atomic E-state index is 0.0960. The monoisotopic (exact) mass is 235 g/mol. The van der Waals surface area contributed by atoms with Gasteiger partial charge in [0.15, 0.2) is 0 Å². The molecule has 2 aromatic rings. The minimum Gasteiger partial charge on any atom is -0.507 e. The summed E-state index contributed by atoms with van der Waals surface area (Å²) < 4.78 is 9.88. The molecule has 0 aliphatic rings. The van der Waals surface area contributed by atoms with Crippen molar-refractivity contribution in [3.63, 3.8) is 0 Å². The Kier molecular flexibility index (Phi) is 3.36. The molecule has 0 bridgehead atoms. The SMILES string of the molecule is COCc1cccc(-c2noc(CN)n2)c1O. The first-order valence-electron chi connectivity index (χ1n) is 5.09. The lowest BCUT2D eigenvalue weighted by Gasteiger charge is -2.05. The highest BCUT2D eigenvalue weighted by molar-refractivity contribution is 5.65. The van der Waals surface area contributed by atoms with E-state index in [1.54, 1.807) is 25.3 Å². The molecule has 3 N–H and O–H groups in total. The number of phenolic OH excluding ortho intramolecular Hbond substituents is 1. The van der Waals surface area contributed by atoms with Crippen molar-refractivity contribution in [2.24, 2.45) is 5.73 Å². The Morgan fingerprint density at radius 2 is 2.29 bits per heavy atom. The summed E-state index contributed by atoms with van der Waals surface area (Å²) in [5.41, 5.74) is 6.55. The molecule has 0 aliphatic carbocycles. The maximum atomic E-state index is 10.0. The standard InChI is InChI=1S/C11H13N3O3/c1-16-6-7-3-2-4-8(10(7)15)11-13-9(5-12)17-14-11/h2-4,15H,5-6,12H2,1H3. The molecule has 0 spiro atoms. The third kappa shape index (κ3) is 2.27. The van der Waals surface area contributed by atoms with Gasteiger partial charge in [-0.2, -0.15) is 4.98 Å². The molecule has 0 unspecified atom stereocenters. The highest BCUT2D eigenvalue weighted by Gasteiger charge is 2.14. The van der Waals surface area contributed by atoms with E-state index in [0.29, 0.717) is 29.4 Å². The van der Waals surface area contributed by atoms with E-state index in [9.17, 15) is 5.11 Å². The molecule has 1 aromatic heterocycles. The van der Waals surface area contributed by atoms with Crippen molar-refractivity contribution in [3.05, 3.63) is 29.7 Å². The molecular weight excluding hydrogens is 222 g/mol. The van der Waals surface area contributed by atoms with Crippen LogP contribution in [-0.2, 0) is 17.9 Å². The average Bonchev–Trinajstić information content (AvgIpc) is 2.80. The topological polar surface area (TPSA) is 94.4 Å². The van der Waals surface area contributed by atoms with E-state index in [0.717, 1.165) is 0 Å². The highest BCUT2D eigenvalue weighted by Crippen LogP contribution is 2.30. The van der Waals surface area contributed by atoms with E-state index < -0.39 is 0 Å².